The highest BCUT2D eigenvalue weighted by molar-refractivity contribution is 6.17. The van der Waals surface area contributed by atoms with E-state index in [0.29, 0.717) is 69.7 Å². The van der Waals surface area contributed by atoms with Gasteiger partial charge in [-0.3, -0.25) is 0 Å². The van der Waals surface area contributed by atoms with Gasteiger partial charge in [0.1, 0.15) is 11.1 Å². The first-order chi connectivity index (χ1) is 21.3. The van der Waals surface area contributed by atoms with Crippen molar-refractivity contribution in [3.05, 3.63) is 52.4 Å². The summed E-state index contributed by atoms with van der Waals surface area (Å²) in [4.78, 5) is 13.9. The van der Waals surface area contributed by atoms with Gasteiger partial charge in [-0.15, -0.1) is 0 Å². The zero-order valence-electron chi connectivity index (χ0n) is 26.1. The van der Waals surface area contributed by atoms with E-state index < -0.39 is 5.63 Å². The van der Waals surface area contributed by atoms with E-state index in [2.05, 4.69) is 0 Å². The van der Waals surface area contributed by atoms with Crippen LogP contribution in [0, 0.1) is 0 Å². The number of aryl methyl sites for hydroxylation is 1. The van der Waals surface area contributed by atoms with Crippen molar-refractivity contribution in [2.24, 2.45) is 0 Å². The molecule has 10 nitrogen and oxygen atoms in total. The van der Waals surface area contributed by atoms with E-state index in [4.69, 9.17) is 37.6 Å². The average molecular weight is 602 g/mol. The Morgan fingerprint density at radius 1 is 0.750 bits per heavy atom. The summed E-state index contributed by atoms with van der Waals surface area (Å²) in [5, 5.41) is 1.42. The fraction of sp³-hybridized carbons (Fsp3) is 0.324. The van der Waals surface area contributed by atoms with Crippen LogP contribution in [0.3, 0.4) is 0 Å². The van der Waals surface area contributed by atoms with Crippen molar-refractivity contribution in [3.63, 3.8) is 0 Å². The Kier molecular flexibility index (Phi) is 7.44. The molecule has 0 fully saturated rings. The molecule has 1 aliphatic rings. The molecule has 0 atom stereocenters. The molecule has 230 valence electrons. The van der Waals surface area contributed by atoms with E-state index in [1.54, 1.807) is 48.7 Å². The standard InChI is InChI=1S/C34H35NO9/c1-17(2)43-26-16-23-21(15-25(26)39-5)29-28(18-9-10-22(37-3)24(13-18)38-4)30-20-14-27(40-6)33(42-8)32(41-7)19(20)11-12-35(30)31(29)34(36)44-23/h9-10,13-17H,11-12H2,1-8H3. The first kappa shape index (κ1) is 29.1. The van der Waals surface area contributed by atoms with E-state index in [1.165, 1.54) is 0 Å². The van der Waals surface area contributed by atoms with Gasteiger partial charge in [0, 0.05) is 40.1 Å². The SMILES string of the molecule is COc1ccc(-c2c3n(c4c(=O)oc5cc(OC(C)C)c(OC)cc5c24)CCc2c-3cc(OC)c(OC)c2OC)cc1OC. The van der Waals surface area contributed by atoms with E-state index in [9.17, 15) is 4.79 Å². The van der Waals surface area contributed by atoms with Crippen LogP contribution in [0.1, 0.15) is 19.4 Å². The molecule has 0 unspecified atom stereocenters. The Morgan fingerprint density at radius 3 is 2.07 bits per heavy atom. The molecular formula is C34H35NO9. The van der Waals surface area contributed by atoms with Gasteiger partial charge in [-0.25, -0.2) is 4.79 Å². The molecule has 5 aromatic rings. The van der Waals surface area contributed by atoms with E-state index >= 15 is 0 Å². The van der Waals surface area contributed by atoms with E-state index in [-0.39, 0.29) is 6.10 Å². The molecule has 0 spiro atoms. The lowest BCUT2D eigenvalue weighted by Gasteiger charge is -2.25. The molecule has 0 amide bonds. The van der Waals surface area contributed by atoms with Crippen molar-refractivity contribution in [2.45, 2.75) is 32.9 Å². The Bertz CT molecular complexity index is 1970. The maximum atomic E-state index is 13.9. The highest BCUT2D eigenvalue weighted by Crippen LogP contribution is 2.53. The summed E-state index contributed by atoms with van der Waals surface area (Å²) >= 11 is 0. The number of nitrogens with zero attached hydrogens (tertiary/aromatic N) is 1. The third kappa shape index (κ3) is 4.35. The molecular weight excluding hydrogens is 566 g/mol. The molecule has 10 heteroatoms. The normalized spacial score (nSPS) is 12.2. The van der Waals surface area contributed by atoms with Crippen LogP contribution < -0.4 is 38.8 Å². The fourth-order valence-corrected chi connectivity index (χ4v) is 6.24. The summed E-state index contributed by atoms with van der Waals surface area (Å²) in [7, 11) is 9.57. The molecule has 1 aliphatic heterocycles. The molecule has 0 saturated heterocycles. The zero-order chi connectivity index (χ0) is 31.3. The third-order valence-corrected chi connectivity index (χ3v) is 8.00. The van der Waals surface area contributed by atoms with Crippen LogP contribution in [0.2, 0.25) is 0 Å². The van der Waals surface area contributed by atoms with Crippen molar-refractivity contribution in [3.8, 4) is 62.6 Å². The van der Waals surface area contributed by atoms with Crippen molar-refractivity contribution >= 4 is 21.9 Å². The first-order valence-corrected chi connectivity index (χ1v) is 14.2. The molecule has 0 bridgehead atoms. The van der Waals surface area contributed by atoms with Crippen LogP contribution in [0.4, 0.5) is 0 Å². The Balaban J connectivity index is 1.82. The lowest BCUT2D eigenvalue weighted by molar-refractivity contribution is 0.230. The van der Waals surface area contributed by atoms with Crippen LogP contribution in [0.15, 0.2) is 45.6 Å². The van der Waals surface area contributed by atoms with Crippen LogP contribution in [-0.2, 0) is 13.0 Å². The molecule has 44 heavy (non-hydrogen) atoms. The van der Waals surface area contributed by atoms with Crippen LogP contribution in [-0.4, -0.2) is 53.3 Å². The van der Waals surface area contributed by atoms with Gasteiger partial charge in [-0.2, -0.15) is 0 Å². The van der Waals surface area contributed by atoms with Crippen LogP contribution in [0.25, 0.3) is 44.3 Å². The van der Waals surface area contributed by atoms with E-state index in [0.717, 1.165) is 33.3 Å². The average Bonchev–Trinajstić information content (AvgIpc) is 3.39. The molecule has 0 radical (unpaired) electrons. The Hall–Kier alpha value is -4.99. The molecule has 3 heterocycles. The quantitative estimate of drug-likeness (QED) is 0.176. The molecule has 0 saturated carbocycles. The smallest absolute Gasteiger partial charge is 0.361 e. The van der Waals surface area contributed by atoms with Crippen LogP contribution in [0.5, 0.6) is 40.2 Å². The van der Waals surface area contributed by atoms with Gasteiger partial charge in [0.25, 0.3) is 0 Å². The van der Waals surface area contributed by atoms with Crippen molar-refractivity contribution < 1.29 is 37.6 Å². The minimum atomic E-state index is -0.461. The van der Waals surface area contributed by atoms with Gasteiger partial charge in [0.15, 0.2) is 34.5 Å². The fourth-order valence-electron chi connectivity index (χ4n) is 6.24. The summed E-state index contributed by atoms with van der Waals surface area (Å²) in [6, 6.07) is 11.2. The Morgan fingerprint density at radius 2 is 1.43 bits per heavy atom. The lowest BCUT2D eigenvalue weighted by atomic mass is 9.91. The highest BCUT2D eigenvalue weighted by Gasteiger charge is 2.33. The van der Waals surface area contributed by atoms with Crippen LogP contribution >= 0.6 is 0 Å². The number of fused-ring (bicyclic) bond motifs is 7. The van der Waals surface area contributed by atoms with Gasteiger partial charge >= 0.3 is 5.63 Å². The molecule has 0 aliphatic carbocycles. The summed E-state index contributed by atoms with van der Waals surface area (Å²) in [6.45, 7) is 4.35. The number of ether oxygens (including phenoxy) is 7. The number of rotatable bonds is 9. The predicted octanol–water partition coefficient (Wildman–Crippen LogP) is 6.48. The van der Waals surface area contributed by atoms with Gasteiger partial charge in [-0.05, 0) is 50.1 Å². The second-order valence-corrected chi connectivity index (χ2v) is 10.6. The van der Waals surface area contributed by atoms with Crippen molar-refractivity contribution in [1.29, 1.82) is 0 Å². The lowest BCUT2D eigenvalue weighted by Crippen LogP contribution is -2.16. The number of benzene rings is 3. The zero-order valence-corrected chi connectivity index (χ0v) is 26.1. The summed E-state index contributed by atoms with van der Waals surface area (Å²) in [5.41, 5.74) is 4.60. The maximum Gasteiger partial charge on any atom is 0.361 e. The number of methoxy groups -OCH3 is 6. The molecule has 3 aromatic carbocycles. The van der Waals surface area contributed by atoms with Gasteiger partial charge in [0.05, 0.1) is 54.5 Å². The largest absolute Gasteiger partial charge is 0.493 e. The van der Waals surface area contributed by atoms with E-state index in [1.807, 2.05) is 48.7 Å². The first-order valence-electron chi connectivity index (χ1n) is 14.2. The number of hydrogen-bond acceptors (Lipinski definition) is 9. The summed E-state index contributed by atoms with van der Waals surface area (Å²) in [6.07, 6.45) is 0.475. The topological polar surface area (TPSA) is 99.8 Å². The Labute approximate surface area is 254 Å². The van der Waals surface area contributed by atoms with Gasteiger partial charge in [0.2, 0.25) is 5.75 Å². The van der Waals surface area contributed by atoms with Gasteiger partial charge in [-0.1, -0.05) is 6.07 Å². The number of hydrogen-bond donors (Lipinski definition) is 0. The predicted molar refractivity (Wildman–Crippen MR) is 168 cm³/mol. The highest BCUT2D eigenvalue weighted by atomic mass is 16.5. The summed E-state index contributed by atoms with van der Waals surface area (Å²) in [5.74, 6) is 3.76. The molecule has 0 N–H and O–H groups in total. The second kappa shape index (κ2) is 11.3. The third-order valence-electron chi connectivity index (χ3n) is 8.00. The minimum absolute atomic E-state index is 0.112. The molecule has 6 rings (SSSR count). The van der Waals surface area contributed by atoms with Crippen molar-refractivity contribution in [2.75, 3.05) is 42.7 Å². The van der Waals surface area contributed by atoms with Crippen molar-refractivity contribution in [1.82, 2.24) is 4.57 Å². The second-order valence-electron chi connectivity index (χ2n) is 10.6. The maximum absolute atomic E-state index is 13.9. The monoisotopic (exact) mass is 601 g/mol. The summed E-state index contributed by atoms with van der Waals surface area (Å²) < 4.78 is 48.3. The number of aromatic nitrogens is 1. The molecule has 2 aromatic heterocycles. The minimum Gasteiger partial charge on any atom is -0.493 e. The van der Waals surface area contributed by atoms with Gasteiger partial charge < -0.3 is 42.1 Å².